The zero-order valence-corrected chi connectivity index (χ0v) is 12.4. The van der Waals surface area contributed by atoms with Gasteiger partial charge in [-0.15, -0.1) is 0 Å². The lowest BCUT2D eigenvalue weighted by Gasteiger charge is -2.22. The molecule has 0 aliphatic carbocycles. The Morgan fingerprint density at radius 2 is 2.00 bits per heavy atom. The summed E-state index contributed by atoms with van der Waals surface area (Å²) in [6, 6.07) is 12.4. The summed E-state index contributed by atoms with van der Waals surface area (Å²) in [6.45, 7) is 7.12. The number of rotatable bonds is 7. The fourth-order valence-electron chi connectivity index (χ4n) is 2.45. The Hall–Kier alpha value is -1.58. The molecule has 3 nitrogen and oxygen atoms in total. The topological polar surface area (TPSA) is 42.4 Å². The van der Waals surface area contributed by atoms with Crippen molar-refractivity contribution in [3.63, 3.8) is 0 Å². The van der Waals surface area contributed by atoms with Gasteiger partial charge in [0.1, 0.15) is 5.76 Å². The largest absolute Gasteiger partial charge is 0.468 e. The Morgan fingerprint density at radius 1 is 1.20 bits per heavy atom. The normalized spacial score (nSPS) is 12.8. The lowest BCUT2D eigenvalue weighted by Crippen LogP contribution is -2.27. The molecule has 1 aromatic carbocycles. The van der Waals surface area contributed by atoms with E-state index in [2.05, 4.69) is 43.0 Å². The van der Waals surface area contributed by atoms with E-state index in [-0.39, 0.29) is 6.04 Å². The summed E-state index contributed by atoms with van der Waals surface area (Å²) >= 11 is 0. The molecule has 108 valence electrons. The van der Waals surface area contributed by atoms with E-state index in [0.717, 1.165) is 31.8 Å². The second-order valence-corrected chi connectivity index (χ2v) is 5.20. The highest BCUT2D eigenvalue weighted by atomic mass is 16.3. The summed E-state index contributed by atoms with van der Waals surface area (Å²) in [5, 5.41) is 0. The summed E-state index contributed by atoms with van der Waals surface area (Å²) in [5.74, 6) is 1.01. The van der Waals surface area contributed by atoms with Crippen LogP contribution in [0.25, 0.3) is 0 Å². The Balaban J connectivity index is 1.88. The SMILES string of the molecule is CCN(CCC(N)c1ccccc1C)Cc1ccco1. The molecule has 0 spiro atoms. The molecule has 0 radical (unpaired) electrons. The average molecular weight is 272 g/mol. The third-order valence-corrected chi connectivity index (χ3v) is 3.75. The van der Waals surface area contributed by atoms with Gasteiger partial charge in [0.15, 0.2) is 0 Å². The molecule has 0 fully saturated rings. The molecule has 0 bridgehead atoms. The van der Waals surface area contributed by atoms with Gasteiger partial charge in [0.25, 0.3) is 0 Å². The molecule has 1 atom stereocenters. The van der Waals surface area contributed by atoms with Crippen molar-refractivity contribution < 1.29 is 4.42 Å². The Bertz CT molecular complexity index is 507. The van der Waals surface area contributed by atoms with Gasteiger partial charge < -0.3 is 10.2 Å². The van der Waals surface area contributed by atoms with Crippen molar-refractivity contribution in [2.45, 2.75) is 32.9 Å². The van der Waals surface area contributed by atoms with Gasteiger partial charge in [-0.3, -0.25) is 4.90 Å². The molecule has 3 heteroatoms. The van der Waals surface area contributed by atoms with Gasteiger partial charge in [-0.2, -0.15) is 0 Å². The molecular weight excluding hydrogens is 248 g/mol. The van der Waals surface area contributed by atoms with E-state index in [1.165, 1.54) is 11.1 Å². The number of hydrogen-bond acceptors (Lipinski definition) is 3. The number of benzene rings is 1. The summed E-state index contributed by atoms with van der Waals surface area (Å²) < 4.78 is 5.40. The van der Waals surface area contributed by atoms with E-state index < -0.39 is 0 Å². The van der Waals surface area contributed by atoms with Gasteiger partial charge in [0, 0.05) is 12.6 Å². The zero-order valence-electron chi connectivity index (χ0n) is 12.4. The van der Waals surface area contributed by atoms with Gasteiger partial charge in [-0.1, -0.05) is 31.2 Å². The molecule has 1 heterocycles. The number of aryl methyl sites for hydroxylation is 1. The minimum Gasteiger partial charge on any atom is -0.468 e. The van der Waals surface area contributed by atoms with Crippen LogP contribution in [-0.4, -0.2) is 18.0 Å². The van der Waals surface area contributed by atoms with Crippen LogP contribution < -0.4 is 5.73 Å². The maximum atomic E-state index is 6.32. The van der Waals surface area contributed by atoms with E-state index >= 15 is 0 Å². The maximum Gasteiger partial charge on any atom is 0.117 e. The number of nitrogens with two attached hydrogens (primary N) is 1. The van der Waals surface area contributed by atoms with E-state index in [1.54, 1.807) is 6.26 Å². The highest BCUT2D eigenvalue weighted by Gasteiger charge is 2.11. The fraction of sp³-hybridized carbons (Fsp3) is 0.412. The average Bonchev–Trinajstić information content (AvgIpc) is 2.96. The van der Waals surface area contributed by atoms with Gasteiger partial charge >= 0.3 is 0 Å². The summed E-state index contributed by atoms with van der Waals surface area (Å²) in [7, 11) is 0. The Morgan fingerprint density at radius 3 is 2.65 bits per heavy atom. The third kappa shape index (κ3) is 3.95. The number of nitrogens with zero attached hydrogens (tertiary/aromatic N) is 1. The first-order chi connectivity index (χ1) is 9.70. The zero-order chi connectivity index (χ0) is 14.4. The van der Waals surface area contributed by atoms with Crippen molar-refractivity contribution >= 4 is 0 Å². The van der Waals surface area contributed by atoms with Gasteiger partial charge in [-0.25, -0.2) is 0 Å². The highest BCUT2D eigenvalue weighted by Crippen LogP contribution is 2.18. The smallest absolute Gasteiger partial charge is 0.117 e. The van der Waals surface area contributed by atoms with Crippen molar-refractivity contribution in [3.05, 3.63) is 59.5 Å². The van der Waals surface area contributed by atoms with Crippen LogP contribution in [0.1, 0.15) is 36.3 Å². The van der Waals surface area contributed by atoms with E-state index in [4.69, 9.17) is 10.2 Å². The fourth-order valence-corrected chi connectivity index (χ4v) is 2.45. The van der Waals surface area contributed by atoms with Crippen molar-refractivity contribution in [2.75, 3.05) is 13.1 Å². The van der Waals surface area contributed by atoms with Crippen LogP contribution in [0.15, 0.2) is 47.1 Å². The highest BCUT2D eigenvalue weighted by molar-refractivity contribution is 5.28. The van der Waals surface area contributed by atoms with Gasteiger partial charge in [-0.05, 0) is 43.1 Å². The van der Waals surface area contributed by atoms with Crippen molar-refractivity contribution in [3.8, 4) is 0 Å². The van der Waals surface area contributed by atoms with E-state index in [1.807, 2.05) is 12.1 Å². The Kier molecular flexibility index (Phi) is 5.39. The first kappa shape index (κ1) is 14.8. The van der Waals surface area contributed by atoms with Crippen molar-refractivity contribution in [2.24, 2.45) is 5.73 Å². The molecular formula is C17H24N2O. The van der Waals surface area contributed by atoms with Crippen LogP contribution in [0.3, 0.4) is 0 Å². The first-order valence-electron chi connectivity index (χ1n) is 7.26. The second-order valence-electron chi connectivity index (χ2n) is 5.20. The van der Waals surface area contributed by atoms with E-state index in [9.17, 15) is 0 Å². The van der Waals surface area contributed by atoms with Crippen molar-refractivity contribution in [1.29, 1.82) is 0 Å². The Labute approximate surface area is 121 Å². The lowest BCUT2D eigenvalue weighted by molar-refractivity contribution is 0.246. The monoisotopic (exact) mass is 272 g/mol. The first-order valence-corrected chi connectivity index (χ1v) is 7.26. The third-order valence-electron chi connectivity index (χ3n) is 3.75. The molecule has 1 unspecified atom stereocenters. The van der Waals surface area contributed by atoms with Crippen LogP contribution in [-0.2, 0) is 6.54 Å². The molecule has 2 rings (SSSR count). The number of hydrogen-bond donors (Lipinski definition) is 1. The molecule has 2 N–H and O–H groups in total. The predicted octanol–water partition coefficient (Wildman–Crippen LogP) is 3.50. The second kappa shape index (κ2) is 7.27. The van der Waals surface area contributed by atoms with Crippen molar-refractivity contribution in [1.82, 2.24) is 4.90 Å². The van der Waals surface area contributed by atoms with Gasteiger partial charge in [0.05, 0.1) is 12.8 Å². The minimum atomic E-state index is 0.0989. The molecule has 0 saturated heterocycles. The molecule has 0 aliphatic heterocycles. The van der Waals surface area contributed by atoms with Gasteiger partial charge in [0.2, 0.25) is 0 Å². The predicted molar refractivity (Wildman–Crippen MR) is 82.4 cm³/mol. The summed E-state index contributed by atoms with van der Waals surface area (Å²) in [6.07, 6.45) is 2.68. The summed E-state index contributed by atoms with van der Waals surface area (Å²) in [5.41, 5.74) is 8.85. The molecule has 0 saturated carbocycles. The molecule has 1 aromatic heterocycles. The number of furan rings is 1. The van der Waals surface area contributed by atoms with Crippen LogP contribution in [0.4, 0.5) is 0 Å². The van der Waals surface area contributed by atoms with Crippen LogP contribution >= 0.6 is 0 Å². The molecule has 20 heavy (non-hydrogen) atoms. The molecule has 2 aromatic rings. The van der Waals surface area contributed by atoms with Crippen LogP contribution in [0.5, 0.6) is 0 Å². The molecule has 0 amide bonds. The lowest BCUT2D eigenvalue weighted by atomic mass is 9.99. The maximum absolute atomic E-state index is 6.32. The molecule has 0 aliphatic rings. The van der Waals surface area contributed by atoms with Crippen LogP contribution in [0, 0.1) is 6.92 Å². The standard InChI is InChI=1S/C17H24N2O/c1-3-19(13-15-8-6-12-20-15)11-10-17(18)16-9-5-4-7-14(16)2/h4-9,12,17H,3,10-11,13,18H2,1-2H3. The summed E-state index contributed by atoms with van der Waals surface area (Å²) in [4.78, 5) is 2.36. The quantitative estimate of drug-likeness (QED) is 0.839. The minimum absolute atomic E-state index is 0.0989. The van der Waals surface area contributed by atoms with Crippen LogP contribution in [0.2, 0.25) is 0 Å². The van der Waals surface area contributed by atoms with E-state index in [0.29, 0.717) is 0 Å².